The molecule has 0 radical (unpaired) electrons. The highest BCUT2D eigenvalue weighted by atomic mass is 32.1. The van der Waals surface area contributed by atoms with Crippen LogP contribution < -0.4 is 5.73 Å². The van der Waals surface area contributed by atoms with E-state index in [2.05, 4.69) is 49.6 Å². The van der Waals surface area contributed by atoms with Crippen molar-refractivity contribution in [3.05, 3.63) is 82.7 Å². The van der Waals surface area contributed by atoms with Crippen molar-refractivity contribution >= 4 is 33.5 Å². The SMILES string of the molecule is Cc1ccc(/C(N)=N/c2sc(-c3ccc(C)cc3)nc2-c2cccs2)cc1. The minimum Gasteiger partial charge on any atom is -0.383 e. The number of hydrogen-bond acceptors (Lipinski definition) is 4. The average molecular weight is 390 g/mol. The third-order valence-electron chi connectivity index (χ3n) is 4.23. The lowest BCUT2D eigenvalue weighted by Gasteiger charge is -2.01. The van der Waals surface area contributed by atoms with Gasteiger partial charge in [-0.3, -0.25) is 0 Å². The molecule has 0 aliphatic carbocycles. The fraction of sp³-hybridized carbons (Fsp3) is 0.0909. The smallest absolute Gasteiger partial charge is 0.147 e. The van der Waals surface area contributed by atoms with Crippen molar-refractivity contribution in [1.29, 1.82) is 0 Å². The van der Waals surface area contributed by atoms with E-state index in [1.807, 2.05) is 30.3 Å². The maximum absolute atomic E-state index is 6.30. The second kappa shape index (κ2) is 7.47. The van der Waals surface area contributed by atoms with Gasteiger partial charge in [0.05, 0.1) is 4.88 Å². The normalized spacial score (nSPS) is 11.7. The van der Waals surface area contributed by atoms with Crippen molar-refractivity contribution in [2.24, 2.45) is 10.7 Å². The van der Waals surface area contributed by atoms with Gasteiger partial charge in [-0.15, -0.1) is 11.3 Å². The van der Waals surface area contributed by atoms with Crippen LogP contribution in [0.3, 0.4) is 0 Å². The van der Waals surface area contributed by atoms with Crippen LogP contribution in [0.2, 0.25) is 0 Å². The lowest BCUT2D eigenvalue weighted by molar-refractivity contribution is 1.38. The second-order valence-corrected chi connectivity index (χ2v) is 8.30. The van der Waals surface area contributed by atoms with E-state index in [1.54, 1.807) is 22.7 Å². The van der Waals surface area contributed by atoms with E-state index in [9.17, 15) is 0 Å². The average Bonchev–Trinajstić information content (AvgIpc) is 3.32. The summed E-state index contributed by atoms with van der Waals surface area (Å²) in [6.07, 6.45) is 0. The molecule has 5 heteroatoms. The molecule has 2 aromatic carbocycles. The minimum absolute atomic E-state index is 0.506. The number of thiophene rings is 1. The van der Waals surface area contributed by atoms with Crippen LogP contribution in [0, 0.1) is 13.8 Å². The van der Waals surface area contributed by atoms with E-state index in [0.717, 1.165) is 31.7 Å². The van der Waals surface area contributed by atoms with Gasteiger partial charge in [-0.1, -0.05) is 77.1 Å². The molecule has 0 fully saturated rings. The first-order valence-electron chi connectivity index (χ1n) is 8.63. The molecule has 134 valence electrons. The van der Waals surface area contributed by atoms with Crippen LogP contribution >= 0.6 is 22.7 Å². The molecule has 0 bridgehead atoms. The zero-order valence-corrected chi connectivity index (χ0v) is 16.8. The number of aryl methyl sites for hydroxylation is 2. The molecule has 0 saturated carbocycles. The predicted octanol–water partition coefficient (Wildman–Crippen LogP) is 6.19. The molecule has 3 nitrogen and oxygen atoms in total. The fourth-order valence-corrected chi connectivity index (χ4v) is 4.43. The second-order valence-electron chi connectivity index (χ2n) is 6.38. The number of thiazole rings is 1. The van der Waals surface area contributed by atoms with E-state index < -0.39 is 0 Å². The quantitative estimate of drug-likeness (QED) is 0.334. The third kappa shape index (κ3) is 3.84. The van der Waals surface area contributed by atoms with Crippen LogP contribution in [-0.2, 0) is 0 Å². The molecule has 0 saturated heterocycles. The van der Waals surface area contributed by atoms with Crippen LogP contribution in [0.25, 0.3) is 21.1 Å². The Kier molecular flexibility index (Phi) is 4.88. The Morgan fingerprint density at radius 3 is 2.22 bits per heavy atom. The van der Waals surface area contributed by atoms with E-state index in [0.29, 0.717) is 5.84 Å². The first kappa shape index (κ1) is 17.6. The highest BCUT2D eigenvalue weighted by Crippen LogP contribution is 2.41. The summed E-state index contributed by atoms with van der Waals surface area (Å²) in [5, 5.41) is 3.84. The summed E-state index contributed by atoms with van der Waals surface area (Å²) >= 11 is 3.23. The Labute approximate surface area is 166 Å². The van der Waals surface area contributed by atoms with E-state index in [4.69, 9.17) is 15.7 Å². The summed E-state index contributed by atoms with van der Waals surface area (Å²) in [6.45, 7) is 4.14. The molecule has 27 heavy (non-hydrogen) atoms. The Bertz CT molecular complexity index is 1070. The fourth-order valence-electron chi connectivity index (χ4n) is 2.68. The number of nitrogens with zero attached hydrogens (tertiary/aromatic N) is 2. The van der Waals surface area contributed by atoms with Gasteiger partial charge in [0, 0.05) is 11.1 Å². The predicted molar refractivity (Wildman–Crippen MR) is 117 cm³/mol. The Morgan fingerprint density at radius 2 is 1.59 bits per heavy atom. The lowest BCUT2D eigenvalue weighted by Crippen LogP contribution is -2.12. The number of benzene rings is 2. The van der Waals surface area contributed by atoms with Crippen LogP contribution in [0.15, 0.2) is 71.0 Å². The van der Waals surface area contributed by atoms with Gasteiger partial charge >= 0.3 is 0 Å². The largest absolute Gasteiger partial charge is 0.383 e. The molecule has 0 atom stereocenters. The molecule has 4 aromatic rings. The summed E-state index contributed by atoms with van der Waals surface area (Å²) in [5.74, 6) is 0.506. The number of aliphatic imine (C=N–C) groups is 1. The monoisotopic (exact) mass is 389 g/mol. The molecule has 2 heterocycles. The molecule has 0 amide bonds. The van der Waals surface area contributed by atoms with Crippen molar-refractivity contribution < 1.29 is 0 Å². The zero-order chi connectivity index (χ0) is 18.8. The molecular formula is C22H19N3S2. The summed E-state index contributed by atoms with van der Waals surface area (Å²) in [4.78, 5) is 10.7. The number of amidine groups is 1. The Hall–Kier alpha value is -2.76. The van der Waals surface area contributed by atoms with Crippen LogP contribution in [0.1, 0.15) is 16.7 Å². The third-order valence-corrected chi connectivity index (χ3v) is 6.11. The minimum atomic E-state index is 0.506. The van der Waals surface area contributed by atoms with Gasteiger partial charge in [-0.25, -0.2) is 9.98 Å². The molecule has 0 unspecified atom stereocenters. The summed E-state index contributed by atoms with van der Waals surface area (Å²) in [5.41, 5.74) is 11.6. The van der Waals surface area contributed by atoms with Crippen LogP contribution in [0.5, 0.6) is 0 Å². The van der Waals surface area contributed by atoms with Crippen molar-refractivity contribution in [2.75, 3.05) is 0 Å². The summed E-state index contributed by atoms with van der Waals surface area (Å²) in [7, 11) is 0. The molecular weight excluding hydrogens is 370 g/mol. The van der Waals surface area contributed by atoms with Gasteiger partial charge in [-0.2, -0.15) is 0 Å². The highest BCUT2D eigenvalue weighted by molar-refractivity contribution is 7.20. The molecule has 2 N–H and O–H groups in total. The highest BCUT2D eigenvalue weighted by Gasteiger charge is 2.15. The molecule has 0 aliphatic rings. The van der Waals surface area contributed by atoms with Gasteiger partial charge in [0.1, 0.15) is 21.5 Å². The van der Waals surface area contributed by atoms with E-state index in [-0.39, 0.29) is 0 Å². The van der Waals surface area contributed by atoms with Gasteiger partial charge in [0.25, 0.3) is 0 Å². The maximum Gasteiger partial charge on any atom is 0.147 e. The number of rotatable bonds is 4. The number of hydrogen-bond donors (Lipinski definition) is 1. The first-order chi connectivity index (χ1) is 13.1. The van der Waals surface area contributed by atoms with Gasteiger partial charge in [0.15, 0.2) is 0 Å². The topological polar surface area (TPSA) is 51.3 Å². The maximum atomic E-state index is 6.30. The first-order valence-corrected chi connectivity index (χ1v) is 10.3. The van der Waals surface area contributed by atoms with Gasteiger partial charge in [-0.05, 0) is 25.3 Å². The van der Waals surface area contributed by atoms with Gasteiger partial charge in [0.2, 0.25) is 0 Å². The molecule has 2 aromatic heterocycles. The van der Waals surface area contributed by atoms with E-state index in [1.165, 1.54) is 11.1 Å². The van der Waals surface area contributed by atoms with Crippen molar-refractivity contribution in [3.63, 3.8) is 0 Å². The number of nitrogens with two attached hydrogens (primary N) is 1. The van der Waals surface area contributed by atoms with Crippen molar-refractivity contribution in [1.82, 2.24) is 4.98 Å². The molecule has 4 rings (SSSR count). The standard InChI is InChI=1S/C22H19N3S2/c1-14-5-9-16(10-6-14)20(23)25-22-19(18-4-3-13-26-18)24-21(27-22)17-11-7-15(2)8-12-17/h3-13H,1-2H3,(H2,23,25). The summed E-state index contributed by atoms with van der Waals surface area (Å²) in [6, 6.07) is 20.6. The Balaban J connectivity index is 1.79. The summed E-state index contributed by atoms with van der Waals surface area (Å²) < 4.78 is 0. The molecule has 0 spiro atoms. The van der Waals surface area contributed by atoms with Crippen molar-refractivity contribution in [2.45, 2.75) is 13.8 Å². The van der Waals surface area contributed by atoms with Gasteiger partial charge < -0.3 is 5.73 Å². The van der Waals surface area contributed by atoms with Crippen LogP contribution in [-0.4, -0.2) is 10.8 Å². The lowest BCUT2D eigenvalue weighted by atomic mass is 10.1. The van der Waals surface area contributed by atoms with Crippen molar-refractivity contribution in [3.8, 4) is 21.1 Å². The number of aromatic nitrogens is 1. The van der Waals surface area contributed by atoms with Crippen LogP contribution in [0.4, 0.5) is 5.00 Å². The molecule has 0 aliphatic heterocycles. The van der Waals surface area contributed by atoms with E-state index >= 15 is 0 Å². The zero-order valence-electron chi connectivity index (χ0n) is 15.1. The Morgan fingerprint density at radius 1 is 0.926 bits per heavy atom.